The summed E-state index contributed by atoms with van der Waals surface area (Å²) in [6, 6.07) is 10.7. The van der Waals surface area contributed by atoms with Crippen molar-refractivity contribution < 1.29 is 14.3 Å². The van der Waals surface area contributed by atoms with Gasteiger partial charge in [-0.05, 0) is 24.7 Å². The maximum atomic E-state index is 11.8. The molecule has 1 N–H and O–H groups in total. The Morgan fingerprint density at radius 2 is 2.08 bits per heavy atom. The average molecular weight is 324 g/mol. The number of carbonyl (C=O) groups is 1. The lowest BCUT2D eigenvalue weighted by atomic mass is 10.1. The van der Waals surface area contributed by atoms with Crippen molar-refractivity contribution in [1.29, 1.82) is 0 Å². The van der Waals surface area contributed by atoms with Gasteiger partial charge in [0.05, 0.1) is 0 Å². The summed E-state index contributed by atoms with van der Waals surface area (Å²) in [4.78, 5) is 17.7. The number of nitrogens with zero attached hydrogens (tertiary/aromatic N) is 2. The van der Waals surface area contributed by atoms with E-state index in [1.807, 2.05) is 43.1 Å². The number of rotatable bonds is 6. The minimum atomic E-state index is -0.892. The molecule has 1 unspecified atom stereocenters. The normalized spacial score (nSPS) is 12.6. The highest BCUT2D eigenvalue weighted by Crippen LogP contribution is 2.29. The summed E-state index contributed by atoms with van der Waals surface area (Å²) in [6.45, 7) is 2.53. The number of aliphatic carboxylic acids is 1. The van der Waals surface area contributed by atoms with Gasteiger partial charge >= 0.3 is 5.97 Å². The molecule has 0 saturated heterocycles. The van der Waals surface area contributed by atoms with Gasteiger partial charge in [-0.1, -0.05) is 31.2 Å². The molecule has 124 valence electrons. The molecule has 0 aliphatic carbocycles. The average Bonchev–Trinajstić information content (AvgIpc) is 2.93. The highest BCUT2D eigenvalue weighted by atomic mass is 16.4. The van der Waals surface area contributed by atoms with Crippen LogP contribution < -0.4 is 0 Å². The van der Waals surface area contributed by atoms with E-state index in [1.165, 1.54) is 0 Å². The molecule has 0 radical (unpaired) electrons. The smallest absolute Gasteiger partial charge is 0.325 e. The number of aromatic nitrogens is 1. The lowest BCUT2D eigenvalue weighted by molar-refractivity contribution is -0.143. The molecule has 0 aliphatic rings. The number of para-hydroxylation sites is 1. The lowest BCUT2D eigenvalue weighted by Crippen LogP contribution is -2.30. The first-order valence-electron chi connectivity index (χ1n) is 7.94. The summed E-state index contributed by atoms with van der Waals surface area (Å²) < 4.78 is 5.91. The van der Waals surface area contributed by atoms with Crippen molar-refractivity contribution in [2.75, 3.05) is 7.05 Å². The number of hydrogen-bond donors (Lipinski definition) is 1. The zero-order chi connectivity index (χ0) is 17.1. The Balaban J connectivity index is 1.96. The maximum absolute atomic E-state index is 11.8. The van der Waals surface area contributed by atoms with Crippen molar-refractivity contribution in [2.45, 2.75) is 25.9 Å². The minimum absolute atomic E-state index is 0.492. The van der Waals surface area contributed by atoms with Gasteiger partial charge in [-0.25, -0.2) is 0 Å². The number of carboxylic acids is 1. The van der Waals surface area contributed by atoms with Crippen LogP contribution >= 0.6 is 0 Å². The third kappa shape index (κ3) is 3.03. The Morgan fingerprint density at radius 1 is 1.29 bits per heavy atom. The SMILES string of the molecule is CCc1oc2ccccc2c1CN(C)C(C(=O)O)c1cccnc1. The second-order valence-corrected chi connectivity index (χ2v) is 5.80. The third-order valence-electron chi connectivity index (χ3n) is 4.19. The number of furan rings is 1. The fourth-order valence-electron chi connectivity index (χ4n) is 3.07. The van der Waals surface area contributed by atoms with Gasteiger partial charge in [0.2, 0.25) is 0 Å². The number of hydrogen-bond acceptors (Lipinski definition) is 4. The van der Waals surface area contributed by atoms with Crippen LogP contribution in [0.5, 0.6) is 0 Å². The van der Waals surface area contributed by atoms with E-state index in [2.05, 4.69) is 4.98 Å². The van der Waals surface area contributed by atoms with Crippen molar-refractivity contribution in [2.24, 2.45) is 0 Å². The summed E-state index contributed by atoms with van der Waals surface area (Å²) >= 11 is 0. The van der Waals surface area contributed by atoms with E-state index < -0.39 is 12.0 Å². The Morgan fingerprint density at radius 3 is 2.75 bits per heavy atom. The molecule has 3 rings (SSSR count). The summed E-state index contributed by atoms with van der Waals surface area (Å²) in [5.74, 6) is 0.00900. The van der Waals surface area contributed by atoms with Gasteiger partial charge in [-0.15, -0.1) is 0 Å². The summed E-state index contributed by atoms with van der Waals surface area (Å²) in [6.07, 6.45) is 4.01. The molecule has 1 aromatic carbocycles. The fraction of sp³-hybridized carbons (Fsp3) is 0.263. The second-order valence-electron chi connectivity index (χ2n) is 5.80. The van der Waals surface area contributed by atoms with Gasteiger partial charge < -0.3 is 9.52 Å². The Labute approximate surface area is 140 Å². The molecular formula is C19H20N2O3. The van der Waals surface area contributed by atoms with E-state index in [1.54, 1.807) is 24.5 Å². The molecule has 2 heterocycles. The van der Waals surface area contributed by atoms with Gasteiger partial charge in [-0.3, -0.25) is 14.7 Å². The van der Waals surface area contributed by atoms with Crippen molar-refractivity contribution in [3.05, 3.63) is 65.7 Å². The first-order valence-corrected chi connectivity index (χ1v) is 7.94. The molecule has 0 saturated carbocycles. The van der Waals surface area contributed by atoms with Crippen LogP contribution in [0.25, 0.3) is 11.0 Å². The number of benzene rings is 1. The molecule has 1 atom stereocenters. The molecule has 2 aromatic heterocycles. The zero-order valence-electron chi connectivity index (χ0n) is 13.8. The topological polar surface area (TPSA) is 66.6 Å². The third-order valence-corrected chi connectivity index (χ3v) is 4.19. The molecule has 0 amide bonds. The van der Waals surface area contributed by atoms with Crippen LogP contribution in [0.15, 0.2) is 53.2 Å². The summed E-state index contributed by atoms with van der Waals surface area (Å²) in [7, 11) is 1.81. The standard InChI is InChI=1S/C19H20N2O3/c1-3-16-15(14-8-4-5-9-17(14)24-16)12-21(2)18(19(22)23)13-7-6-10-20-11-13/h4-11,18H,3,12H2,1-2H3,(H,22,23). The first-order chi connectivity index (χ1) is 11.6. The van der Waals surface area contributed by atoms with E-state index in [-0.39, 0.29) is 0 Å². The molecule has 0 spiro atoms. The molecule has 0 fully saturated rings. The van der Waals surface area contributed by atoms with Crippen molar-refractivity contribution >= 4 is 16.9 Å². The summed E-state index contributed by atoms with van der Waals surface area (Å²) in [5.41, 5.74) is 2.55. The molecule has 24 heavy (non-hydrogen) atoms. The van der Waals surface area contributed by atoms with Crippen molar-refractivity contribution in [1.82, 2.24) is 9.88 Å². The summed E-state index contributed by atoms with van der Waals surface area (Å²) in [5, 5.41) is 10.7. The molecule has 5 heteroatoms. The van der Waals surface area contributed by atoms with Crippen LogP contribution in [0.3, 0.4) is 0 Å². The first kappa shape index (κ1) is 16.2. The van der Waals surface area contributed by atoms with Crippen LogP contribution in [0.1, 0.15) is 29.9 Å². The molecule has 5 nitrogen and oxygen atoms in total. The lowest BCUT2D eigenvalue weighted by Gasteiger charge is -2.24. The van der Waals surface area contributed by atoms with Gasteiger partial charge in [-0.2, -0.15) is 0 Å². The largest absolute Gasteiger partial charge is 0.480 e. The Bertz CT molecular complexity index is 842. The molecule has 0 bridgehead atoms. The molecule has 0 aliphatic heterocycles. The quantitative estimate of drug-likeness (QED) is 0.750. The number of fused-ring (bicyclic) bond motifs is 1. The number of carboxylic acid groups (broad SMARTS) is 1. The van der Waals surface area contributed by atoms with E-state index >= 15 is 0 Å². The van der Waals surface area contributed by atoms with Crippen LogP contribution in [-0.4, -0.2) is 28.0 Å². The predicted molar refractivity (Wildman–Crippen MR) is 91.7 cm³/mol. The zero-order valence-corrected chi connectivity index (χ0v) is 13.8. The van der Waals surface area contributed by atoms with Crippen LogP contribution in [0.2, 0.25) is 0 Å². The number of aryl methyl sites for hydroxylation is 1. The maximum Gasteiger partial charge on any atom is 0.325 e. The van der Waals surface area contributed by atoms with Crippen molar-refractivity contribution in [3.8, 4) is 0 Å². The van der Waals surface area contributed by atoms with Gasteiger partial charge in [0.15, 0.2) is 0 Å². The van der Waals surface area contributed by atoms with Gasteiger partial charge in [0.1, 0.15) is 17.4 Å². The van der Waals surface area contributed by atoms with Crippen molar-refractivity contribution in [3.63, 3.8) is 0 Å². The van der Waals surface area contributed by atoms with E-state index in [0.29, 0.717) is 12.1 Å². The van der Waals surface area contributed by atoms with Crippen LogP contribution in [0, 0.1) is 0 Å². The predicted octanol–water partition coefficient (Wildman–Crippen LogP) is 3.65. The van der Waals surface area contributed by atoms with Crippen LogP contribution in [0.4, 0.5) is 0 Å². The highest BCUT2D eigenvalue weighted by molar-refractivity contribution is 5.82. The van der Waals surface area contributed by atoms with E-state index in [4.69, 9.17) is 4.42 Å². The highest BCUT2D eigenvalue weighted by Gasteiger charge is 2.26. The van der Waals surface area contributed by atoms with Crippen LogP contribution in [-0.2, 0) is 17.8 Å². The van der Waals surface area contributed by atoms with Gasteiger partial charge in [0.25, 0.3) is 0 Å². The molecular weight excluding hydrogens is 304 g/mol. The monoisotopic (exact) mass is 324 g/mol. The Kier molecular flexibility index (Phi) is 4.62. The van der Waals surface area contributed by atoms with E-state index in [0.717, 1.165) is 28.7 Å². The van der Waals surface area contributed by atoms with Gasteiger partial charge in [0, 0.05) is 36.3 Å². The number of likely N-dealkylation sites (N-methyl/N-ethyl adjacent to an activating group) is 1. The Hall–Kier alpha value is -2.66. The fourth-order valence-corrected chi connectivity index (χ4v) is 3.07. The number of pyridine rings is 1. The second kappa shape index (κ2) is 6.84. The van der Waals surface area contributed by atoms with E-state index in [9.17, 15) is 9.90 Å². The molecule has 3 aromatic rings. The minimum Gasteiger partial charge on any atom is -0.480 e.